The van der Waals surface area contributed by atoms with E-state index in [-0.39, 0.29) is 23.0 Å². The molecule has 0 bridgehead atoms. The van der Waals surface area contributed by atoms with E-state index in [9.17, 15) is 29.8 Å². The first-order chi connectivity index (χ1) is 16.8. The molecule has 1 aliphatic carbocycles. The molecule has 0 spiro atoms. The van der Waals surface area contributed by atoms with Gasteiger partial charge in [0, 0.05) is 17.7 Å². The number of imide groups is 1. The summed E-state index contributed by atoms with van der Waals surface area (Å²) in [6.07, 6.45) is 1.46. The average molecular weight is 476 g/mol. The second-order valence-corrected chi connectivity index (χ2v) is 9.31. The van der Waals surface area contributed by atoms with E-state index in [0.29, 0.717) is 30.3 Å². The molecule has 0 aromatic heterocycles. The number of anilines is 1. The fourth-order valence-corrected chi connectivity index (χ4v) is 5.91. The van der Waals surface area contributed by atoms with Crippen LogP contribution in [-0.2, 0) is 14.2 Å². The van der Waals surface area contributed by atoms with Crippen LogP contribution >= 0.6 is 0 Å². The number of allylic oxidation sites excluding steroid dienone is 2. The van der Waals surface area contributed by atoms with Crippen molar-refractivity contribution in [1.82, 2.24) is 0 Å². The van der Waals surface area contributed by atoms with Gasteiger partial charge in [0.2, 0.25) is 11.8 Å². The number of hydrogen-bond acceptors (Lipinski definition) is 7. The van der Waals surface area contributed by atoms with E-state index in [4.69, 9.17) is 4.65 Å². The summed E-state index contributed by atoms with van der Waals surface area (Å²) in [7, 11) is -1.25. The maximum atomic E-state index is 13.7. The summed E-state index contributed by atoms with van der Waals surface area (Å²) in [5.74, 6) is -2.57. The molecule has 0 unspecified atom stereocenters. The van der Waals surface area contributed by atoms with Gasteiger partial charge in [0.25, 0.3) is 5.69 Å². The van der Waals surface area contributed by atoms with Gasteiger partial charge in [-0.2, -0.15) is 0 Å². The van der Waals surface area contributed by atoms with Crippen LogP contribution in [0.4, 0.5) is 11.4 Å². The van der Waals surface area contributed by atoms with E-state index in [2.05, 4.69) is 0 Å². The highest BCUT2D eigenvalue weighted by molar-refractivity contribution is 6.53. The lowest BCUT2D eigenvalue weighted by molar-refractivity contribution is -0.384. The second-order valence-electron chi connectivity index (χ2n) is 9.31. The molecule has 2 heterocycles. The predicted molar refractivity (Wildman–Crippen MR) is 127 cm³/mol. The summed E-state index contributed by atoms with van der Waals surface area (Å²) in [5, 5.41) is 32.7. The van der Waals surface area contributed by atoms with Crippen molar-refractivity contribution in [2.45, 2.75) is 38.7 Å². The van der Waals surface area contributed by atoms with E-state index in [1.54, 1.807) is 18.2 Å². The van der Waals surface area contributed by atoms with Gasteiger partial charge in [0.05, 0.1) is 28.6 Å². The Morgan fingerprint density at radius 1 is 1.14 bits per heavy atom. The number of phenolic OH excluding ortho intramolecular Hbond substituents is 1. The Bertz CT molecular complexity index is 1250. The van der Waals surface area contributed by atoms with Crippen molar-refractivity contribution in [3.63, 3.8) is 0 Å². The minimum Gasteiger partial charge on any atom is -0.508 e. The molecule has 2 aliphatic heterocycles. The third kappa shape index (κ3) is 3.82. The number of non-ortho nitro benzene ring substituents is 1. The van der Waals surface area contributed by atoms with Crippen molar-refractivity contribution in [1.29, 1.82) is 0 Å². The van der Waals surface area contributed by atoms with Crippen LogP contribution in [0.2, 0.25) is 0 Å². The number of hydrogen-bond donors (Lipinski definition) is 2. The lowest BCUT2D eigenvalue weighted by Crippen LogP contribution is -2.44. The summed E-state index contributed by atoms with van der Waals surface area (Å²) in [6, 6.07) is 12.2. The van der Waals surface area contributed by atoms with Gasteiger partial charge in [-0.15, -0.1) is 0 Å². The van der Waals surface area contributed by atoms with Crippen LogP contribution in [-0.4, -0.2) is 34.0 Å². The highest BCUT2D eigenvalue weighted by Crippen LogP contribution is 2.53. The molecule has 2 saturated heterocycles. The number of rotatable bonds is 5. The number of carbonyl (C=O) groups excluding carboxylic acids is 2. The number of nitro benzene ring substituents is 1. The first-order valence-electron chi connectivity index (χ1n) is 11.8. The predicted octanol–water partition coefficient (Wildman–Crippen LogP) is 3.70. The molecule has 2 aromatic carbocycles. The molecule has 35 heavy (non-hydrogen) atoms. The third-order valence-electron chi connectivity index (χ3n) is 7.35. The van der Waals surface area contributed by atoms with Crippen molar-refractivity contribution < 1.29 is 29.3 Å². The van der Waals surface area contributed by atoms with E-state index in [0.717, 1.165) is 16.9 Å². The second kappa shape index (κ2) is 8.94. The molecule has 2 amide bonds. The fraction of sp³-hybridized carbons (Fsp3) is 0.360. The van der Waals surface area contributed by atoms with Crippen LogP contribution < -0.4 is 4.90 Å². The summed E-state index contributed by atoms with van der Waals surface area (Å²) < 4.78 is 5.92. The highest BCUT2D eigenvalue weighted by atomic mass is 16.6. The molecule has 2 fully saturated rings. The molecule has 9 nitrogen and oxygen atoms in total. The molecular weight excluding hydrogens is 451 g/mol. The highest BCUT2D eigenvalue weighted by Gasteiger charge is 2.58. The Kier molecular flexibility index (Phi) is 5.94. The standard InChI is InChI=1S/C25H25BN2O7/c1-2-6-14-11-19-22(25(31)27(24(19)30)15-7-5-8-16(12-15)28(33)34)18-13-21(35-26(32)23(14)18)17-9-3-4-10-20(17)29/h3-5,7-10,12,18-19,21-22,29,32H,2,6,11,13H2,1H3/t18-,19-,21-,22+/m0/s1. The Labute approximate surface area is 202 Å². The molecule has 2 aromatic rings. The Balaban J connectivity index is 1.56. The molecular formula is C25H25BN2O7. The van der Waals surface area contributed by atoms with E-state index in [1.165, 1.54) is 30.3 Å². The van der Waals surface area contributed by atoms with Gasteiger partial charge in [-0.25, -0.2) is 4.90 Å². The Hall–Kier alpha value is -3.50. The maximum Gasteiger partial charge on any atom is 0.487 e. The number of benzene rings is 2. The third-order valence-corrected chi connectivity index (χ3v) is 7.35. The van der Waals surface area contributed by atoms with Gasteiger partial charge in [-0.3, -0.25) is 19.7 Å². The topological polar surface area (TPSA) is 130 Å². The van der Waals surface area contributed by atoms with Gasteiger partial charge in [-0.05, 0) is 42.8 Å². The van der Waals surface area contributed by atoms with Gasteiger partial charge in [-0.1, -0.05) is 43.2 Å². The quantitative estimate of drug-likeness (QED) is 0.291. The van der Waals surface area contributed by atoms with Gasteiger partial charge >= 0.3 is 7.12 Å². The minimum absolute atomic E-state index is 0.0327. The van der Waals surface area contributed by atoms with E-state index < -0.39 is 41.8 Å². The van der Waals surface area contributed by atoms with E-state index >= 15 is 0 Å². The summed E-state index contributed by atoms with van der Waals surface area (Å²) in [6.45, 7) is 2.01. The van der Waals surface area contributed by atoms with Crippen LogP contribution in [0, 0.1) is 27.9 Å². The minimum atomic E-state index is -1.25. The summed E-state index contributed by atoms with van der Waals surface area (Å²) >= 11 is 0. The number of nitrogens with zero attached hydrogens (tertiary/aromatic N) is 2. The number of phenols is 1. The van der Waals surface area contributed by atoms with Crippen molar-refractivity contribution in [3.8, 4) is 5.75 Å². The molecule has 10 heteroatoms. The van der Waals surface area contributed by atoms with Crippen LogP contribution in [0.25, 0.3) is 0 Å². The van der Waals surface area contributed by atoms with Gasteiger partial charge < -0.3 is 14.8 Å². The zero-order valence-corrected chi connectivity index (χ0v) is 19.2. The van der Waals surface area contributed by atoms with Crippen LogP contribution in [0.5, 0.6) is 5.75 Å². The fourth-order valence-electron chi connectivity index (χ4n) is 5.91. The van der Waals surface area contributed by atoms with Crippen LogP contribution in [0.3, 0.4) is 0 Å². The van der Waals surface area contributed by atoms with Gasteiger partial charge in [0.15, 0.2) is 0 Å². The first kappa shape index (κ1) is 23.3. The van der Waals surface area contributed by atoms with Gasteiger partial charge in [0.1, 0.15) is 5.75 Å². The van der Waals surface area contributed by atoms with Crippen molar-refractivity contribution in [2.75, 3.05) is 4.90 Å². The monoisotopic (exact) mass is 476 g/mol. The molecule has 4 atom stereocenters. The molecule has 5 rings (SSSR count). The summed E-state index contributed by atoms with van der Waals surface area (Å²) in [4.78, 5) is 39.0. The maximum absolute atomic E-state index is 13.7. The largest absolute Gasteiger partial charge is 0.508 e. The van der Waals surface area contributed by atoms with Crippen LogP contribution in [0.1, 0.15) is 44.3 Å². The molecule has 0 saturated carbocycles. The molecule has 2 N–H and O–H groups in total. The normalized spacial score (nSPS) is 26.1. The summed E-state index contributed by atoms with van der Waals surface area (Å²) in [5.41, 5.74) is 2.06. The smallest absolute Gasteiger partial charge is 0.487 e. The van der Waals surface area contributed by atoms with Crippen molar-refractivity contribution >= 4 is 30.3 Å². The zero-order chi connectivity index (χ0) is 24.9. The lowest BCUT2D eigenvalue weighted by Gasteiger charge is -2.42. The van der Waals surface area contributed by atoms with Crippen molar-refractivity contribution in [2.24, 2.45) is 17.8 Å². The Morgan fingerprint density at radius 3 is 2.63 bits per heavy atom. The zero-order valence-electron chi connectivity index (χ0n) is 19.2. The number of aromatic hydroxyl groups is 1. The molecule has 3 aliphatic rings. The SMILES string of the molecule is CCCC1=C2B(O)O[C@H](c3ccccc3O)C[C@H]2[C@H]2C(=O)N(c3cccc([N+](=O)[O-])c3)C(=O)[C@H]2C1. The molecule has 180 valence electrons. The first-order valence-corrected chi connectivity index (χ1v) is 11.8. The number of carbonyl (C=O) groups is 2. The lowest BCUT2D eigenvalue weighted by atomic mass is 9.54. The number of amides is 2. The average Bonchev–Trinajstić information content (AvgIpc) is 3.09. The Morgan fingerprint density at radius 2 is 1.91 bits per heavy atom. The van der Waals surface area contributed by atoms with Crippen LogP contribution in [0.15, 0.2) is 59.6 Å². The molecule has 0 radical (unpaired) electrons. The van der Waals surface area contributed by atoms with Crippen molar-refractivity contribution in [3.05, 3.63) is 75.3 Å². The number of fused-ring (bicyclic) bond motifs is 3. The number of nitro groups is 1. The number of para-hydroxylation sites is 1. The van der Waals surface area contributed by atoms with E-state index in [1.807, 2.05) is 6.92 Å².